The summed E-state index contributed by atoms with van der Waals surface area (Å²) < 4.78 is 59.2. The van der Waals surface area contributed by atoms with Crippen molar-refractivity contribution in [2.75, 3.05) is 4.90 Å². The Labute approximate surface area is 196 Å². The molecule has 10 heteroatoms. The van der Waals surface area contributed by atoms with E-state index in [9.17, 15) is 27.2 Å². The number of carbonyl (C=O) groups is 2. The quantitative estimate of drug-likeness (QED) is 0.230. The van der Waals surface area contributed by atoms with Gasteiger partial charge in [-0.25, -0.2) is 4.39 Å². The first-order valence-electron chi connectivity index (χ1n) is 9.74. The van der Waals surface area contributed by atoms with Crippen LogP contribution in [0.5, 0.6) is 11.5 Å². The number of carbonyl (C=O) groups excluding carboxylic acids is 2. The van der Waals surface area contributed by atoms with Crippen LogP contribution in [0.3, 0.4) is 0 Å². The minimum absolute atomic E-state index is 0.237. The molecule has 172 valence electrons. The second-order valence-corrected chi connectivity index (χ2v) is 7.48. The molecule has 0 atom stereocenters. The van der Waals surface area contributed by atoms with E-state index in [1.807, 2.05) is 6.07 Å². The number of alkyl halides is 3. The summed E-state index contributed by atoms with van der Waals surface area (Å²) in [7, 11) is 0. The highest BCUT2D eigenvalue weighted by Crippen LogP contribution is 2.34. The Morgan fingerprint density at radius 1 is 0.912 bits per heavy atom. The summed E-state index contributed by atoms with van der Waals surface area (Å²) in [5, 5.41) is 2.06. The number of halogens is 4. The van der Waals surface area contributed by atoms with E-state index in [-0.39, 0.29) is 10.8 Å². The number of hydrogen-bond donors (Lipinski definition) is 1. The molecule has 2 amide bonds. The van der Waals surface area contributed by atoms with E-state index in [2.05, 4.69) is 5.32 Å². The van der Waals surface area contributed by atoms with Gasteiger partial charge in [0.25, 0.3) is 11.8 Å². The zero-order valence-corrected chi connectivity index (χ0v) is 17.9. The van der Waals surface area contributed by atoms with Crippen LogP contribution >= 0.6 is 12.2 Å². The fourth-order valence-electron chi connectivity index (χ4n) is 3.24. The molecule has 1 saturated heterocycles. The summed E-state index contributed by atoms with van der Waals surface area (Å²) in [5.74, 6) is -1.94. The van der Waals surface area contributed by atoms with Crippen molar-refractivity contribution in [3.63, 3.8) is 0 Å². The third-order valence-corrected chi connectivity index (χ3v) is 5.08. The number of benzene rings is 3. The number of nitrogens with zero attached hydrogens (tertiary/aromatic N) is 1. The van der Waals surface area contributed by atoms with Gasteiger partial charge in [0, 0.05) is 0 Å². The van der Waals surface area contributed by atoms with Gasteiger partial charge >= 0.3 is 6.18 Å². The Morgan fingerprint density at radius 3 is 2.21 bits per heavy atom. The predicted octanol–water partition coefficient (Wildman–Crippen LogP) is 5.47. The third-order valence-electron chi connectivity index (χ3n) is 4.80. The monoisotopic (exact) mass is 486 g/mol. The van der Waals surface area contributed by atoms with Crippen LogP contribution in [0.25, 0.3) is 6.08 Å². The van der Waals surface area contributed by atoms with Gasteiger partial charge in [0.2, 0.25) is 0 Å². The van der Waals surface area contributed by atoms with Gasteiger partial charge in [-0.1, -0.05) is 24.3 Å². The standard InChI is InChI=1S/C24H14F4N2O3S/c25-15-7-6-14(20(13-15)24(26,27)28)12-19-21(31)29-23(34)30(22(19)32)16-8-10-18(11-9-16)33-17-4-2-1-3-5-17/h1-13H,(H,29,31,34). The first-order chi connectivity index (χ1) is 16.1. The van der Waals surface area contributed by atoms with Crippen molar-refractivity contribution >= 4 is 40.9 Å². The number of hydrogen-bond acceptors (Lipinski definition) is 4. The summed E-state index contributed by atoms with van der Waals surface area (Å²) in [5.41, 5.74) is -2.18. The fourth-order valence-corrected chi connectivity index (χ4v) is 3.52. The van der Waals surface area contributed by atoms with Crippen LogP contribution in [-0.4, -0.2) is 16.9 Å². The van der Waals surface area contributed by atoms with Gasteiger partial charge in [0.05, 0.1) is 11.3 Å². The average molecular weight is 486 g/mol. The molecule has 34 heavy (non-hydrogen) atoms. The SMILES string of the molecule is O=C1NC(=S)N(c2ccc(Oc3ccccc3)cc2)C(=O)C1=Cc1ccc(F)cc1C(F)(F)F. The fraction of sp³-hybridized carbons (Fsp3) is 0.0417. The number of para-hydroxylation sites is 1. The van der Waals surface area contributed by atoms with Gasteiger partial charge < -0.3 is 4.74 Å². The molecule has 1 aliphatic rings. The molecule has 0 aromatic heterocycles. The molecule has 1 fully saturated rings. The third kappa shape index (κ3) is 4.81. The summed E-state index contributed by atoms with van der Waals surface area (Å²) in [6.07, 6.45) is -4.13. The summed E-state index contributed by atoms with van der Waals surface area (Å²) in [6, 6.07) is 17.1. The number of ether oxygens (including phenoxy) is 1. The first-order valence-corrected chi connectivity index (χ1v) is 10.2. The van der Waals surface area contributed by atoms with E-state index in [0.29, 0.717) is 17.6 Å². The molecule has 3 aromatic carbocycles. The van der Waals surface area contributed by atoms with Crippen molar-refractivity contribution in [1.29, 1.82) is 0 Å². The topological polar surface area (TPSA) is 58.6 Å². The Balaban J connectivity index is 1.66. The zero-order chi connectivity index (χ0) is 24.5. The van der Waals surface area contributed by atoms with Crippen LogP contribution in [0.4, 0.5) is 23.2 Å². The van der Waals surface area contributed by atoms with Gasteiger partial charge in [0.1, 0.15) is 22.9 Å². The van der Waals surface area contributed by atoms with Gasteiger partial charge in [0.15, 0.2) is 5.11 Å². The van der Waals surface area contributed by atoms with Crippen LogP contribution < -0.4 is 15.0 Å². The normalized spacial score (nSPS) is 15.5. The van der Waals surface area contributed by atoms with Crippen LogP contribution in [0.15, 0.2) is 78.4 Å². The largest absolute Gasteiger partial charge is 0.457 e. The minimum Gasteiger partial charge on any atom is -0.457 e. The Morgan fingerprint density at radius 2 is 1.56 bits per heavy atom. The molecular formula is C24H14F4N2O3S. The molecule has 0 saturated carbocycles. The van der Waals surface area contributed by atoms with Crippen molar-refractivity contribution in [2.24, 2.45) is 0 Å². The van der Waals surface area contributed by atoms with Crippen molar-refractivity contribution in [3.05, 3.63) is 95.3 Å². The van der Waals surface area contributed by atoms with Crippen LogP contribution in [0.2, 0.25) is 0 Å². The Hall–Kier alpha value is -4.05. The van der Waals surface area contributed by atoms with Gasteiger partial charge in [-0.15, -0.1) is 0 Å². The second-order valence-electron chi connectivity index (χ2n) is 7.10. The second kappa shape index (κ2) is 9.06. The van der Waals surface area contributed by atoms with Crippen LogP contribution in [0.1, 0.15) is 11.1 Å². The molecular weight excluding hydrogens is 472 g/mol. The van der Waals surface area contributed by atoms with E-state index >= 15 is 0 Å². The Bertz CT molecular complexity index is 1310. The van der Waals surface area contributed by atoms with E-state index in [1.165, 1.54) is 12.1 Å². The van der Waals surface area contributed by atoms with Crippen molar-refractivity contribution in [1.82, 2.24) is 5.32 Å². The van der Waals surface area contributed by atoms with E-state index in [0.717, 1.165) is 23.1 Å². The summed E-state index contributed by atoms with van der Waals surface area (Å²) in [4.78, 5) is 26.4. The van der Waals surface area contributed by atoms with E-state index in [4.69, 9.17) is 17.0 Å². The molecule has 1 heterocycles. The number of amides is 2. The van der Waals surface area contributed by atoms with Gasteiger partial charge in [-0.2, -0.15) is 13.2 Å². The lowest BCUT2D eigenvalue weighted by Gasteiger charge is -2.29. The molecule has 0 spiro atoms. The first kappa shape index (κ1) is 23.1. The molecule has 0 unspecified atom stereocenters. The molecule has 1 aliphatic heterocycles. The predicted molar refractivity (Wildman–Crippen MR) is 121 cm³/mol. The summed E-state index contributed by atoms with van der Waals surface area (Å²) >= 11 is 5.11. The van der Waals surface area contributed by atoms with Crippen molar-refractivity contribution < 1.29 is 31.9 Å². The zero-order valence-electron chi connectivity index (χ0n) is 17.1. The molecule has 0 bridgehead atoms. The maximum atomic E-state index is 13.4. The smallest absolute Gasteiger partial charge is 0.417 e. The minimum atomic E-state index is -4.90. The van der Waals surface area contributed by atoms with Gasteiger partial charge in [-0.3, -0.25) is 19.8 Å². The molecule has 4 rings (SSSR count). The highest BCUT2D eigenvalue weighted by atomic mass is 32.1. The van der Waals surface area contributed by atoms with Crippen LogP contribution in [0, 0.1) is 5.82 Å². The Kier molecular flexibility index (Phi) is 6.16. The number of anilines is 1. The molecule has 0 radical (unpaired) electrons. The summed E-state index contributed by atoms with van der Waals surface area (Å²) in [6.45, 7) is 0. The van der Waals surface area contributed by atoms with E-state index < -0.39 is 40.5 Å². The number of thiocarbonyl (C=S) groups is 1. The van der Waals surface area contributed by atoms with Crippen molar-refractivity contribution in [2.45, 2.75) is 6.18 Å². The lowest BCUT2D eigenvalue weighted by Crippen LogP contribution is -2.54. The highest BCUT2D eigenvalue weighted by molar-refractivity contribution is 7.80. The molecule has 1 N–H and O–H groups in total. The van der Waals surface area contributed by atoms with Crippen molar-refractivity contribution in [3.8, 4) is 11.5 Å². The average Bonchev–Trinajstić information content (AvgIpc) is 2.78. The molecule has 0 aliphatic carbocycles. The lowest BCUT2D eigenvalue weighted by molar-refractivity contribution is -0.138. The molecule has 3 aromatic rings. The maximum absolute atomic E-state index is 13.4. The van der Waals surface area contributed by atoms with Crippen LogP contribution in [-0.2, 0) is 15.8 Å². The van der Waals surface area contributed by atoms with E-state index in [1.54, 1.807) is 36.4 Å². The van der Waals surface area contributed by atoms with Gasteiger partial charge in [-0.05, 0) is 72.4 Å². The maximum Gasteiger partial charge on any atom is 0.417 e. The highest BCUT2D eigenvalue weighted by Gasteiger charge is 2.37. The number of nitrogens with one attached hydrogen (secondary N) is 1. The number of rotatable bonds is 4. The molecule has 5 nitrogen and oxygen atoms in total. The lowest BCUT2D eigenvalue weighted by atomic mass is 10.0.